The molecular weight excluding hydrogens is 354 g/mol. The third kappa shape index (κ3) is 5.53. The summed E-state index contributed by atoms with van der Waals surface area (Å²) >= 11 is 1.76. The predicted molar refractivity (Wildman–Crippen MR) is 114 cm³/mol. The maximum absolute atomic E-state index is 4.47. The second-order valence-electron chi connectivity index (χ2n) is 7.05. The highest BCUT2D eigenvalue weighted by Gasteiger charge is 2.23. The summed E-state index contributed by atoms with van der Waals surface area (Å²) in [5.74, 6) is 0.833. The second kappa shape index (κ2) is 9.85. The van der Waals surface area contributed by atoms with Gasteiger partial charge in [-0.15, -0.1) is 11.3 Å². The molecule has 1 aromatic heterocycles. The van der Waals surface area contributed by atoms with Crippen LogP contribution in [0.2, 0.25) is 0 Å². The Morgan fingerprint density at radius 2 is 1.96 bits per heavy atom. The van der Waals surface area contributed by atoms with E-state index in [1.807, 2.05) is 13.2 Å². The predicted octanol–water partition coefficient (Wildman–Crippen LogP) is 3.52. The molecule has 1 saturated heterocycles. The van der Waals surface area contributed by atoms with E-state index in [9.17, 15) is 0 Å². The van der Waals surface area contributed by atoms with Crippen LogP contribution in [0, 0.1) is 6.92 Å². The Bertz CT molecular complexity index is 731. The lowest BCUT2D eigenvalue weighted by Crippen LogP contribution is -2.42. The molecule has 2 N–H and O–H groups in total. The van der Waals surface area contributed by atoms with E-state index >= 15 is 0 Å². The molecule has 6 heteroatoms. The molecule has 5 nitrogen and oxygen atoms in total. The lowest BCUT2D eigenvalue weighted by Gasteiger charge is -2.29. The summed E-state index contributed by atoms with van der Waals surface area (Å²) in [6.45, 7) is 8.20. The van der Waals surface area contributed by atoms with Crippen LogP contribution in [0.1, 0.15) is 46.8 Å². The fourth-order valence-corrected chi connectivity index (χ4v) is 4.27. The van der Waals surface area contributed by atoms with E-state index in [1.165, 1.54) is 41.9 Å². The molecule has 0 amide bonds. The number of aryl methyl sites for hydroxylation is 2. The monoisotopic (exact) mass is 385 g/mol. The highest BCUT2D eigenvalue weighted by Crippen LogP contribution is 2.24. The van der Waals surface area contributed by atoms with Crippen molar-refractivity contribution in [2.75, 3.05) is 26.7 Å². The molecule has 1 unspecified atom stereocenters. The smallest absolute Gasteiger partial charge is 0.191 e. The Kier molecular flexibility index (Phi) is 7.24. The number of hydrogen-bond donors (Lipinski definition) is 2. The first-order valence-electron chi connectivity index (χ1n) is 9.88. The van der Waals surface area contributed by atoms with Gasteiger partial charge >= 0.3 is 0 Å². The Hall–Kier alpha value is -1.92. The van der Waals surface area contributed by atoms with Crippen LogP contribution >= 0.6 is 11.3 Å². The van der Waals surface area contributed by atoms with E-state index in [0.717, 1.165) is 23.9 Å². The summed E-state index contributed by atoms with van der Waals surface area (Å²) in [6.07, 6.45) is 5.59. The Morgan fingerprint density at radius 1 is 1.22 bits per heavy atom. The molecule has 1 atom stereocenters. The first kappa shape index (κ1) is 19.8. The highest BCUT2D eigenvalue weighted by atomic mass is 32.1. The Labute approximate surface area is 166 Å². The van der Waals surface area contributed by atoms with Gasteiger partial charge in [0.1, 0.15) is 5.01 Å². The van der Waals surface area contributed by atoms with Crippen LogP contribution < -0.4 is 10.6 Å². The lowest BCUT2D eigenvalue weighted by atomic mass is 10.0. The van der Waals surface area contributed by atoms with Gasteiger partial charge in [0.25, 0.3) is 0 Å². The average Bonchev–Trinajstić information content (AvgIpc) is 3.37. The molecule has 1 aliphatic heterocycles. The number of nitrogens with zero attached hydrogens (tertiary/aromatic N) is 3. The number of aliphatic imine (C=N–C) groups is 1. The second-order valence-corrected chi connectivity index (χ2v) is 8.25. The van der Waals surface area contributed by atoms with Crippen molar-refractivity contribution < 1.29 is 0 Å². The van der Waals surface area contributed by atoms with Gasteiger partial charge in [-0.25, -0.2) is 4.98 Å². The van der Waals surface area contributed by atoms with Crippen LogP contribution in [0.3, 0.4) is 0 Å². The van der Waals surface area contributed by atoms with E-state index < -0.39 is 0 Å². The summed E-state index contributed by atoms with van der Waals surface area (Å²) in [4.78, 5) is 12.8. The summed E-state index contributed by atoms with van der Waals surface area (Å²) < 4.78 is 0. The van der Waals surface area contributed by atoms with Gasteiger partial charge in [0.15, 0.2) is 5.96 Å². The van der Waals surface area contributed by atoms with Crippen molar-refractivity contribution >= 4 is 17.3 Å². The van der Waals surface area contributed by atoms with Crippen molar-refractivity contribution in [2.24, 2.45) is 4.99 Å². The molecule has 1 fully saturated rings. The maximum Gasteiger partial charge on any atom is 0.191 e. The topological polar surface area (TPSA) is 52.6 Å². The third-order valence-electron chi connectivity index (χ3n) is 5.09. The van der Waals surface area contributed by atoms with Gasteiger partial charge in [-0.05, 0) is 44.8 Å². The van der Waals surface area contributed by atoms with E-state index in [0.29, 0.717) is 12.6 Å². The molecule has 0 radical (unpaired) electrons. The molecule has 1 aliphatic rings. The van der Waals surface area contributed by atoms with Crippen LogP contribution in [-0.2, 0) is 13.0 Å². The Balaban J connectivity index is 1.59. The van der Waals surface area contributed by atoms with Crippen molar-refractivity contribution in [3.8, 4) is 0 Å². The van der Waals surface area contributed by atoms with Crippen LogP contribution in [0.4, 0.5) is 0 Å². The molecule has 27 heavy (non-hydrogen) atoms. The molecule has 0 bridgehead atoms. The standard InChI is InChI=1S/C21H31N5S/c1-4-18-13-23-20(27-18)15-25-21(22-3)24-14-19(26-11-5-6-12-26)17-9-7-16(2)8-10-17/h7-10,13,19H,4-6,11-12,14-15H2,1-3H3,(H2,22,24,25). The zero-order valence-electron chi connectivity index (χ0n) is 16.7. The van der Waals surface area contributed by atoms with Gasteiger partial charge in [0.05, 0.1) is 12.6 Å². The van der Waals surface area contributed by atoms with Crippen LogP contribution in [0.25, 0.3) is 0 Å². The van der Waals surface area contributed by atoms with Crippen molar-refractivity contribution in [2.45, 2.75) is 45.7 Å². The summed E-state index contributed by atoms with van der Waals surface area (Å²) in [5.41, 5.74) is 2.68. The number of aromatic nitrogens is 1. The maximum atomic E-state index is 4.47. The summed E-state index contributed by atoms with van der Waals surface area (Å²) in [6, 6.07) is 9.31. The van der Waals surface area contributed by atoms with Crippen molar-refractivity contribution in [3.63, 3.8) is 0 Å². The third-order valence-corrected chi connectivity index (χ3v) is 6.23. The molecule has 2 heterocycles. The van der Waals surface area contributed by atoms with Gasteiger partial charge in [-0.3, -0.25) is 9.89 Å². The normalized spacial score (nSPS) is 16.5. The van der Waals surface area contributed by atoms with Crippen LogP contribution in [0.15, 0.2) is 35.5 Å². The zero-order chi connectivity index (χ0) is 19.1. The van der Waals surface area contributed by atoms with Gasteiger partial charge in [0.2, 0.25) is 0 Å². The molecule has 0 spiro atoms. The van der Waals surface area contributed by atoms with Crippen molar-refractivity contribution in [3.05, 3.63) is 51.5 Å². The zero-order valence-corrected chi connectivity index (χ0v) is 17.5. The number of likely N-dealkylation sites (tertiary alicyclic amines) is 1. The van der Waals surface area contributed by atoms with E-state index in [4.69, 9.17) is 0 Å². The molecule has 0 saturated carbocycles. The number of nitrogens with one attached hydrogen (secondary N) is 2. The highest BCUT2D eigenvalue weighted by molar-refractivity contribution is 7.11. The van der Waals surface area contributed by atoms with Gasteiger partial charge in [0, 0.05) is 24.7 Å². The number of thiazole rings is 1. The van der Waals surface area contributed by atoms with Crippen LogP contribution in [-0.4, -0.2) is 42.5 Å². The van der Waals surface area contributed by atoms with E-state index in [1.54, 1.807) is 11.3 Å². The van der Waals surface area contributed by atoms with E-state index in [-0.39, 0.29) is 0 Å². The fraction of sp³-hybridized carbons (Fsp3) is 0.524. The minimum Gasteiger partial charge on any atom is -0.354 e. The quantitative estimate of drug-likeness (QED) is 0.566. The minimum absolute atomic E-state index is 0.373. The molecule has 3 rings (SSSR count). The van der Waals surface area contributed by atoms with Gasteiger partial charge in [-0.1, -0.05) is 36.8 Å². The number of guanidine groups is 1. The number of hydrogen-bond acceptors (Lipinski definition) is 4. The van der Waals surface area contributed by atoms with Crippen molar-refractivity contribution in [1.29, 1.82) is 0 Å². The fourth-order valence-electron chi connectivity index (χ4n) is 3.47. The van der Waals surface area contributed by atoms with Crippen LogP contribution in [0.5, 0.6) is 0 Å². The first-order valence-corrected chi connectivity index (χ1v) is 10.7. The molecule has 146 valence electrons. The molecule has 2 aromatic rings. The first-order chi connectivity index (χ1) is 13.2. The average molecular weight is 386 g/mol. The lowest BCUT2D eigenvalue weighted by molar-refractivity contribution is 0.245. The van der Waals surface area contributed by atoms with E-state index in [2.05, 4.69) is 63.6 Å². The Morgan fingerprint density at radius 3 is 2.59 bits per heavy atom. The largest absolute Gasteiger partial charge is 0.354 e. The molecule has 1 aromatic carbocycles. The molecular formula is C21H31N5S. The minimum atomic E-state index is 0.373. The van der Waals surface area contributed by atoms with Gasteiger partial charge in [-0.2, -0.15) is 0 Å². The number of rotatable bonds is 7. The van der Waals surface area contributed by atoms with Gasteiger partial charge < -0.3 is 10.6 Å². The van der Waals surface area contributed by atoms with Crippen molar-refractivity contribution in [1.82, 2.24) is 20.5 Å². The number of benzene rings is 1. The SMILES string of the molecule is CCc1cnc(CNC(=NC)NCC(c2ccc(C)cc2)N2CCCC2)s1. The summed E-state index contributed by atoms with van der Waals surface area (Å²) in [7, 11) is 1.82. The summed E-state index contributed by atoms with van der Waals surface area (Å²) in [5, 5.41) is 8.02. The molecule has 0 aliphatic carbocycles.